The van der Waals surface area contributed by atoms with Crippen molar-refractivity contribution in [3.05, 3.63) is 60.6 Å². The summed E-state index contributed by atoms with van der Waals surface area (Å²) in [5, 5.41) is 0. The van der Waals surface area contributed by atoms with Crippen LogP contribution < -0.4 is 9.47 Å². The lowest BCUT2D eigenvalue weighted by Crippen LogP contribution is -1.95. The van der Waals surface area contributed by atoms with Crippen LogP contribution in [-0.4, -0.2) is 28.3 Å². The van der Waals surface area contributed by atoms with Crippen LogP contribution in [0, 0.1) is 0 Å². The molecule has 0 spiro atoms. The van der Waals surface area contributed by atoms with Gasteiger partial charge in [0, 0.05) is 35.8 Å². The number of nitrogens with zero attached hydrogens (tertiary/aromatic N) is 3. The molecule has 3 aromatic rings. The van der Waals surface area contributed by atoms with Crippen LogP contribution in [0.1, 0.15) is 10.4 Å². The molecule has 0 N–H and O–H groups in total. The summed E-state index contributed by atoms with van der Waals surface area (Å²) in [6.45, 7) is 0. The zero-order chi connectivity index (χ0) is 16.1. The Hall–Kier alpha value is -3.28. The highest BCUT2D eigenvalue weighted by molar-refractivity contribution is 5.75. The van der Waals surface area contributed by atoms with E-state index in [0.29, 0.717) is 28.8 Å². The fourth-order valence-electron chi connectivity index (χ4n) is 1.99. The molecule has 0 fully saturated rings. The Morgan fingerprint density at radius 1 is 0.957 bits per heavy atom. The van der Waals surface area contributed by atoms with Crippen LogP contribution in [0.4, 0.5) is 0 Å². The van der Waals surface area contributed by atoms with Crippen molar-refractivity contribution in [3.8, 4) is 28.8 Å². The average Bonchev–Trinajstić information content (AvgIpc) is 2.63. The molecular weight excluding hydrogens is 294 g/mol. The second kappa shape index (κ2) is 6.65. The van der Waals surface area contributed by atoms with Crippen LogP contribution in [0.3, 0.4) is 0 Å². The van der Waals surface area contributed by atoms with Crippen LogP contribution in [0.25, 0.3) is 11.3 Å². The predicted octanol–water partition coefficient (Wildman–Crippen LogP) is 3.15. The molecule has 0 aliphatic heterocycles. The van der Waals surface area contributed by atoms with Gasteiger partial charge in [-0.15, -0.1) is 0 Å². The Balaban J connectivity index is 1.95. The minimum Gasteiger partial charge on any atom is -0.481 e. The molecule has 3 rings (SSSR count). The summed E-state index contributed by atoms with van der Waals surface area (Å²) < 4.78 is 10.9. The Morgan fingerprint density at radius 2 is 1.74 bits per heavy atom. The molecule has 1 aromatic carbocycles. The number of rotatable bonds is 5. The largest absolute Gasteiger partial charge is 0.481 e. The van der Waals surface area contributed by atoms with Crippen molar-refractivity contribution in [1.82, 2.24) is 15.0 Å². The molecule has 0 saturated carbocycles. The van der Waals surface area contributed by atoms with E-state index in [0.717, 1.165) is 11.8 Å². The standard InChI is InChI=1S/C17H13N3O3/c1-22-15-10-13(6-7-18-15)16-17(20-9-8-19-16)23-14-4-2-12(11-21)3-5-14/h2-11H,1H3. The first-order valence-corrected chi connectivity index (χ1v) is 6.84. The van der Waals surface area contributed by atoms with Crippen LogP contribution in [0.2, 0.25) is 0 Å². The van der Waals surface area contributed by atoms with Gasteiger partial charge in [0.1, 0.15) is 17.7 Å². The quantitative estimate of drug-likeness (QED) is 0.674. The molecule has 0 amide bonds. The fraction of sp³-hybridized carbons (Fsp3) is 0.0588. The van der Waals surface area contributed by atoms with Crippen molar-refractivity contribution in [1.29, 1.82) is 0 Å². The number of hydrogen-bond acceptors (Lipinski definition) is 6. The van der Waals surface area contributed by atoms with E-state index in [4.69, 9.17) is 9.47 Å². The second-order valence-corrected chi connectivity index (χ2v) is 4.59. The highest BCUT2D eigenvalue weighted by Crippen LogP contribution is 2.30. The highest BCUT2D eigenvalue weighted by Gasteiger charge is 2.11. The van der Waals surface area contributed by atoms with Gasteiger partial charge < -0.3 is 9.47 Å². The maximum atomic E-state index is 10.7. The van der Waals surface area contributed by atoms with E-state index in [-0.39, 0.29) is 0 Å². The van der Waals surface area contributed by atoms with E-state index in [9.17, 15) is 4.79 Å². The minimum atomic E-state index is 0.361. The molecular formula is C17H13N3O3. The molecule has 2 heterocycles. The molecule has 0 saturated heterocycles. The van der Waals surface area contributed by atoms with Gasteiger partial charge in [0.05, 0.1) is 7.11 Å². The normalized spacial score (nSPS) is 10.1. The van der Waals surface area contributed by atoms with Gasteiger partial charge in [-0.2, -0.15) is 0 Å². The number of aldehydes is 1. The third kappa shape index (κ3) is 3.32. The van der Waals surface area contributed by atoms with E-state index < -0.39 is 0 Å². The number of methoxy groups -OCH3 is 1. The van der Waals surface area contributed by atoms with Crippen molar-refractivity contribution in [3.63, 3.8) is 0 Å². The molecule has 0 unspecified atom stereocenters. The third-order valence-electron chi connectivity index (χ3n) is 3.11. The second-order valence-electron chi connectivity index (χ2n) is 4.59. The molecule has 0 atom stereocenters. The Labute approximate surface area is 132 Å². The van der Waals surface area contributed by atoms with E-state index in [2.05, 4.69) is 15.0 Å². The first-order chi connectivity index (χ1) is 11.3. The highest BCUT2D eigenvalue weighted by atomic mass is 16.5. The Kier molecular flexibility index (Phi) is 4.24. The van der Waals surface area contributed by atoms with Gasteiger partial charge in [-0.05, 0) is 30.3 Å². The summed E-state index contributed by atoms with van der Waals surface area (Å²) >= 11 is 0. The minimum absolute atomic E-state index is 0.361. The molecule has 0 aliphatic carbocycles. The zero-order valence-corrected chi connectivity index (χ0v) is 12.3. The molecule has 23 heavy (non-hydrogen) atoms. The molecule has 6 heteroatoms. The van der Waals surface area contributed by atoms with E-state index in [1.54, 1.807) is 62.1 Å². The number of aromatic nitrogens is 3. The number of pyridine rings is 1. The maximum absolute atomic E-state index is 10.7. The summed E-state index contributed by atoms with van der Waals surface area (Å²) in [6, 6.07) is 10.3. The number of ether oxygens (including phenoxy) is 2. The molecule has 0 bridgehead atoms. The van der Waals surface area contributed by atoms with Crippen molar-refractivity contribution in [2.75, 3.05) is 7.11 Å². The van der Waals surface area contributed by atoms with Gasteiger partial charge in [-0.3, -0.25) is 4.79 Å². The number of benzene rings is 1. The van der Waals surface area contributed by atoms with Crippen molar-refractivity contribution < 1.29 is 14.3 Å². The van der Waals surface area contributed by atoms with E-state index in [1.807, 2.05) is 0 Å². The number of hydrogen-bond donors (Lipinski definition) is 0. The van der Waals surface area contributed by atoms with Crippen molar-refractivity contribution in [2.24, 2.45) is 0 Å². The van der Waals surface area contributed by atoms with Crippen molar-refractivity contribution >= 4 is 6.29 Å². The average molecular weight is 307 g/mol. The fourth-order valence-corrected chi connectivity index (χ4v) is 1.99. The predicted molar refractivity (Wildman–Crippen MR) is 83.7 cm³/mol. The smallest absolute Gasteiger partial charge is 0.246 e. The third-order valence-corrected chi connectivity index (χ3v) is 3.11. The molecule has 114 valence electrons. The maximum Gasteiger partial charge on any atom is 0.246 e. The van der Waals surface area contributed by atoms with Crippen molar-refractivity contribution in [2.45, 2.75) is 0 Å². The topological polar surface area (TPSA) is 74.2 Å². The van der Waals surface area contributed by atoms with Gasteiger partial charge in [-0.1, -0.05) is 0 Å². The van der Waals surface area contributed by atoms with Gasteiger partial charge in [0.15, 0.2) is 0 Å². The lowest BCUT2D eigenvalue weighted by atomic mass is 10.2. The summed E-state index contributed by atoms with van der Waals surface area (Å²) in [6.07, 6.45) is 5.55. The number of carbonyl (C=O) groups is 1. The monoisotopic (exact) mass is 307 g/mol. The SMILES string of the molecule is COc1cc(-c2nccnc2Oc2ccc(C=O)cc2)ccn1. The summed E-state index contributed by atoms with van der Waals surface area (Å²) in [5.74, 6) is 1.41. The first-order valence-electron chi connectivity index (χ1n) is 6.84. The molecule has 6 nitrogen and oxygen atoms in total. The van der Waals surface area contributed by atoms with Gasteiger partial charge >= 0.3 is 0 Å². The molecule has 2 aromatic heterocycles. The van der Waals surface area contributed by atoms with E-state index >= 15 is 0 Å². The lowest BCUT2D eigenvalue weighted by Gasteiger charge is -2.09. The molecule has 0 radical (unpaired) electrons. The first kappa shape index (κ1) is 14.6. The van der Waals surface area contributed by atoms with Crippen LogP contribution >= 0.6 is 0 Å². The Morgan fingerprint density at radius 3 is 2.48 bits per heavy atom. The van der Waals surface area contributed by atoms with Crippen LogP contribution in [0.15, 0.2) is 55.0 Å². The summed E-state index contributed by atoms with van der Waals surface area (Å²) in [4.78, 5) is 23.3. The number of carbonyl (C=O) groups excluding carboxylic acids is 1. The van der Waals surface area contributed by atoms with E-state index in [1.165, 1.54) is 0 Å². The van der Waals surface area contributed by atoms with Gasteiger partial charge in [0.2, 0.25) is 11.8 Å². The summed E-state index contributed by atoms with van der Waals surface area (Å²) in [7, 11) is 1.55. The Bertz CT molecular complexity index is 819. The van der Waals surface area contributed by atoms with Gasteiger partial charge in [-0.25, -0.2) is 15.0 Å². The van der Waals surface area contributed by atoms with Crippen LogP contribution in [0.5, 0.6) is 17.5 Å². The zero-order valence-electron chi connectivity index (χ0n) is 12.3. The molecule has 0 aliphatic rings. The lowest BCUT2D eigenvalue weighted by molar-refractivity contribution is 0.112. The summed E-state index contributed by atoms with van der Waals surface area (Å²) in [5.41, 5.74) is 1.94. The van der Waals surface area contributed by atoms with Crippen LogP contribution in [-0.2, 0) is 0 Å². The van der Waals surface area contributed by atoms with Gasteiger partial charge in [0.25, 0.3) is 0 Å².